The topological polar surface area (TPSA) is 150 Å². The van der Waals surface area contributed by atoms with Crippen molar-refractivity contribution in [2.24, 2.45) is 0 Å². The maximum atomic E-state index is 10.5. The highest BCUT2D eigenvalue weighted by molar-refractivity contribution is 5.24. The molecular formula is C6H5N3O7. The van der Waals surface area contributed by atoms with Crippen molar-refractivity contribution in [2.75, 3.05) is 0 Å². The summed E-state index contributed by atoms with van der Waals surface area (Å²) in [5.74, 6) is 0. The van der Waals surface area contributed by atoms with Crippen LogP contribution in [0, 0.1) is 30.3 Å². The molecule has 0 aromatic heterocycles. The van der Waals surface area contributed by atoms with Gasteiger partial charge in [0.2, 0.25) is 0 Å². The molecule has 0 spiro atoms. The lowest BCUT2D eigenvalue weighted by atomic mass is 9.98. The molecule has 16 heavy (non-hydrogen) atoms. The second kappa shape index (κ2) is 3.66. The van der Waals surface area contributed by atoms with E-state index in [0.29, 0.717) is 18.2 Å². The molecule has 0 heterocycles. The highest BCUT2D eigenvalue weighted by atomic mass is 16.7. The third-order valence-electron chi connectivity index (χ3n) is 1.99. The van der Waals surface area contributed by atoms with Crippen molar-refractivity contribution in [3.8, 4) is 0 Å². The molecule has 2 unspecified atom stereocenters. The van der Waals surface area contributed by atoms with Crippen LogP contribution in [0.25, 0.3) is 0 Å². The predicted octanol–water partition coefficient (Wildman–Crippen LogP) is -0.673. The van der Waals surface area contributed by atoms with Crippen LogP contribution in [0.5, 0.6) is 0 Å². The summed E-state index contributed by atoms with van der Waals surface area (Å²) in [5, 5.41) is 40.6. The number of nitrogens with zero attached hydrogens (tertiary/aromatic N) is 3. The van der Waals surface area contributed by atoms with Gasteiger partial charge in [-0.2, -0.15) is 0 Å². The van der Waals surface area contributed by atoms with Gasteiger partial charge in [0.25, 0.3) is 5.70 Å². The maximum Gasteiger partial charge on any atom is 0.413 e. The molecule has 1 aliphatic rings. The Bertz CT molecular complexity index is 428. The lowest BCUT2D eigenvalue weighted by molar-refractivity contribution is -0.675. The molecule has 0 aromatic carbocycles. The van der Waals surface area contributed by atoms with Gasteiger partial charge in [0.1, 0.15) is 0 Å². The van der Waals surface area contributed by atoms with E-state index in [4.69, 9.17) is 0 Å². The average Bonchev–Trinajstić information content (AvgIpc) is 2.17. The van der Waals surface area contributed by atoms with Crippen LogP contribution < -0.4 is 0 Å². The second-order valence-electron chi connectivity index (χ2n) is 2.95. The van der Waals surface area contributed by atoms with Crippen LogP contribution in [0.15, 0.2) is 23.9 Å². The van der Waals surface area contributed by atoms with Gasteiger partial charge in [0.15, 0.2) is 0 Å². The minimum absolute atomic E-state index is 0.429. The molecule has 0 bridgehead atoms. The van der Waals surface area contributed by atoms with Crippen molar-refractivity contribution in [2.45, 2.75) is 11.8 Å². The summed E-state index contributed by atoms with van der Waals surface area (Å²) in [6.45, 7) is 0. The monoisotopic (exact) mass is 231 g/mol. The zero-order chi connectivity index (χ0) is 12.5. The number of aliphatic hydroxyl groups is 1. The van der Waals surface area contributed by atoms with Crippen LogP contribution in [0.4, 0.5) is 0 Å². The molecule has 0 radical (unpaired) electrons. The third kappa shape index (κ3) is 1.72. The van der Waals surface area contributed by atoms with Crippen molar-refractivity contribution in [1.82, 2.24) is 0 Å². The molecule has 0 aromatic rings. The molecule has 1 rings (SSSR count). The number of nitro groups is 3. The number of hydrogen-bond donors (Lipinski definition) is 1. The third-order valence-corrected chi connectivity index (χ3v) is 1.99. The van der Waals surface area contributed by atoms with E-state index in [-0.39, 0.29) is 0 Å². The van der Waals surface area contributed by atoms with Crippen molar-refractivity contribution in [3.63, 3.8) is 0 Å². The maximum absolute atomic E-state index is 10.5. The fraction of sp³-hybridized carbons (Fsp3) is 0.333. The first-order valence-electron chi connectivity index (χ1n) is 3.85. The number of rotatable bonds is 3. The average molecular weight is 231 g/mol. The lowest BCUT2D eigenvalue weighted by Gasteiger charge is -2.18. The van der Waals surface area contributed by atoms with Crippen LogP contribution in [-0.2, 0) is 0 Å². The smallest absolute Gasteiger partial charge is 0.321 e. The quantitative estimate of drug-likeness (QED) is 0.384. The standard InChI is InChI=1S/C6H5N3O7/c10-6(9(15)16)2-1-4(7(11)12)3-5(6)8(13)14/h1-3,5,10H. The Morgan fingerprint density at radius 3 is 2.19 bits per heavy atom. The van der Waals surface area contributed by atoms with E-state index in [1.165, 1.54) is 0 Å². The second-order valence-corrected chi connectivity index (χ2v) is 2.95. The van der Waals surface area contributed by atoms with E-state index in [1.54, 1.807) is 0 Å². The van der Waals surface area contributed by atoms with Crippen molar-refractivity contribution >= 4 is 0 Å². The van der Waals surface area contributed by atoms with Crippen LogP contribution in [-0.4, -0.2) is 31.6 Å². The van der Waals surface area contributed by atoms with Crippen molar-refractivity contribution < 1.29 is 19.9 Å². The zero-order valence-corrected chi connectivity index (χ0v) is 7.55. The van der Waals surface area contributed by atoms with E-state index < -0.39 is 32.2 Å². The van der Waals surface area contributed by atoms with E-state index in [1.807, 2.05) is 0 Å². The Hall–Kier alpha value is -2.36. The number of allylic oxidation sites excluding steroid dienone is 1. The van der Waals surface area contributed by atoms with Gasteiger partial charge in [-0.1, -0.05) is 0 Å². The van der Waals surface area contributed by atoms with Gasteiger partial charge in [-0.3, -0.25) is 30.3 Å². The molecule has 1 N–H and O–H groups in total. The molecule has 0 saturated carbocycles. The van der Waals surface area contributed by atoms with E-state index >= 15 is 0 Å². The molecule has 86 valence electrons. The summed E-state index contributed by atoms with van der Waals surface area (Å²) in [6, 6.07) is -2.19. The molecule has 0 saturated heterocycles. The lowest BCUT2D eigenvalue weighted by Crippen LogP contribution is -2.52. The Labute approximate surface area is 86.9 Å². The summed E-state index contributed by atoms with van der Waals surface area (Å²) < 4.78 is 0. The molecule has 0 amide bonds. The van der Waals surface area contributed by atoms with Crippen molar-refractivity contribution in [3.05, 3.63) is 54.3 Å². The van der Waals surface area contributed by atoms with Gasteiger partial charge < -0.3 is 5.11 Å². The van der Waals surface area contributed by atoms with Gasteiger partial charge in [0.05, 0.1) is 15.9 Å². The van der Waals surface area contributed by atoms with Crippen LogP contribution >= 0.6 is 0 Å². The fourth-order valence-electron chi connectivity index (χ4n) is 1.15. The Morgan fingerprint density at radius 2 is 1.81 bits per heavy atom. The van der Waals surface area contributed by atoms with Gasteiger partial charge in [-0.25, -0.2) is 0 Å². The molecule has 0 aliphatic heterocycles. The van der Waals surface area contributed by atoms with Gasteiger partial charge in [-0.15, -0.1) is 0 Å². The summed E-state index contributed by atoms with van der Waals surface area (Å²) in [5.41, 5.74) is -3.63. The Balaban J connectivity index is 3.22. The highest BCUT2D eigenvalue weighted by Gasteiger charge is 2.57. The van der Waals surface area contributed by atoms with Gasteiger partial charge in [0, 0.05) is 17.1 Å². The number of hydrogen-bond acceptors (Lipinski definition) is 7. The SMILES string of the molecule is O=[N+]([O-])C1=CC([N+](=O)[O-])C(O)([N+](=O)[O-])C=C1. The molecular weight excluding hydrogens is 226 g/mol. The largest absolute Gasteiger partial charge is 0.413 e. The highest BCUT2D eigenvalue weighted by Crippen LogP contribution is 2.24. The summed E-state index contributed by atoms with van der Waals surface area (Å²) in [4.78, 5) is 27.9. The zero-order valence-electron chi connectivity index (χ0n) is 7.55. The Kier molecular flexibility index (Phi) is 2.68. The van der Waals surface area contributed by atoms with E-state index in [9.17, 15) is 35.4 Å². The summed E-state index contributed by atoms with van der Waals surface area (Å²) in [6.07, 6.45) is 1.52. The van der Waals surface area contributed by atoms with Crippen LogP contribution in [0.3, 0.4) is 0 Å². The Morgan fingerprint density at radius 1 is 1.25 bits per heavy atom. The summed E-state index contributed by atoms with van der Waals surface area (Å²) >= 11 is 0. The molecule has 10 nitrogen and oxygen atoms in total. The van der Waals surface area contributed by atoms with Crippen LogP contribution in [0.1, 0.15) is 0 Å². The first-order chi connectivity index (χ1) is 7.29. The first kappa shape index (κ1) is 11.7. The van der Waals surface area contributed by atoms with Crippen molar-refractivity contribution in [1.29, 1.82) is 0 Å². The van der Waals surface area contributed by atoms with Crippen LogP contribution in [0.2, 0.25) is 0 Å². The summed E-state index contributed by atoms with van der Waals surface area (Å²) in [7, 11) is 0. The van der Waals surface area contributed by atoms with E-state index in [0.717, 1.165) is 0 Å². The molecule has 2 atom stereocenters. The molecule has 10 heteroatoms. The van der Waals surface area contributed by atoms with Gasteiger partial charge in [-0.05, 0) is 0 Å². The minimum atomic E-state index is -2.96. The van der Waals surface area contributed by atoms with E-state index in [2.05, 4.69) is 0 Å². The normalized spacial score (nSPS) is 28.3. The van der Waals surface area contributed by atoms with Gasteiger partial charge >= 0.3 is 11.8 Å². The minimum Gasteiger partial charge on any atom is -0.321 e. The first-order valence-corrected chi connectivity index (χ1v) is 3.85. The predicted molar refractivity (Wildman–Crippen MR) is 46.9 cm³/mol. The molecule has 1 aliphatic carbocycles. The fourth-order valence-corrected chi connectivity index (χ4v) is 1.15. The molecule has 0 fully saturated rings.